The molecule has 7 nitrogen and oxygen atoms in total. The second kappa shape index (κ2) is 6.26. The number of carbonyl (C=O) groups excluding carboxylic acids is 1. The largest absolute Gasteiger partial charge is 0.449 e. The first-order valence-electron chi connectivity index (χ1n) is 5.05. The number of nitriles is 1. The maximum absolute atomic E-state index is 11.5. The first kappa shape index (κ1) is 15.1. The van der Waals surface area contributed by atoms with E-state index >= 15 is 0 Å². The summed E-state index contributed by atoms with van der Waals surface area (Å²) in [6.45, 7) is 1.58. The summed E-state index contributed by atoms with van der Waals surface area (Å²) in [4.78, 5) is 11.0. The molecule has 1 aromatic carbocycles. The summed E-state index contributed by atoms with van der Waals surface area (Å²) in [6.07, 6.45) is -1.10. The molecule has 2 N–H and O–H groups in total. The summed E-state index contributed by atoms with van der Waals surface area (Å²) in [5.41, 5.74) is 0.323. The van der Waals surface area contributed by atoms with Gasteiger partial charge in [0.1, 0.15) is 0 Å². The van der Waals surface area contributed by atoms with Gasteiger partial charge in [0.05, 0.1) is 28.9 Å². The number of nitrogens with one attached hydrogen (secondary N) is 2. The molecule has 1 rings (SSSR count). The lowest BCUT2D eigenvalue weighted by molar-refractivity contribution is 0.159. The Morgan fingerprint density at radius 3 is 2.74 bits per heavy atom. The number of halogens is 1. The van der Waals surface area contributed by atoms with Gasteiger partial charge in [0.25, 0.3) is 0 Å². The summed E-state index contributed by atoms with van der Waals surface area (Å²) in [5, 5.41) is 8.68. The predicted molar refractivity (Wildman–Crippen MR) is 68.9 cm³/mol. The fourth-order valence-electron chi connectivity index (χ4n) is 1.11. The quantitative estimate of drug-likeness (QED) is 0.878. The number of amides is 1. The Morgan fingerprint density at radius 1 is 1.53 bits per heavy atom. The van der Waals surface area contributed by atoms with Crippen molar-refractivity contribution in [3.63, 3.8) is 0 Å². The van der Waals surface area contributed by atoms with Crippen molar-refractivity contribution in [1.82, 2.24) is 4.72 Å². The van der Waals surface area contributed by atoms with Crippen LogP contribution in [0.4, 0.5) is 10.5 Å². The molecule has 0 aromatic heterocycles. The zero-order valence-corrected chi connectivity index (χ0v) is 11.4. The summed E-state index contributed by atoms with van der Waals surface area (Å²) in [6, 6.07) is 5.84. The van der Waals surface area contributed by atoms with Crippen LogP contribution >= 0.6 is 11.6 Å². The first-order chi connectivity index (χ1) is 8.88. The van der Waals surface area contributed by atoms with Crippen molar-refractivity contribution in [2.75, 3.05) is 11.3 Å². The number of anilines is 1. The van der Waals surface area contributed by atoms with Crippen molar-refractivity contribution in [3.8, 4) is 6.07 Å². The van der Waals surface area contributed by atoms with Crippen molar-refractivity contribution >= 4 is 33.6 Å². The smallest absolute Gasteiger partial charge is 0.422 e. The topological polar surface area (TPSA) is 108 Å². The third-order valence-electron chi connectivity index (χ3n) is 1.84. The molecule has 0 aliphatic rings. The van der Waals surface area contributed by atoms with Crippen LogP contribution in [0.2, 0.25) is 5.02 Å². The van der Waals surface area contributed by atoms with Crippen molar-refractivity contribution < 1.29 is 17.9 Å². The highest BCUT2D eigenvalue weighted by atomic mass is 35.5. The Balaban J connectivity index is 2.84. The Hall–Kier alpha value is -1.98. The van der Waals surface area contributed by atoms with Gasteiger partial charge in [0.2, 0.25) is 0 Å². The second-order valence-electron chi connectivity index (χ2n) is 3.23. The van der Waals surface area contributed by atoms with E-state index in [1.165, 1.54) is 25.1 Å². The number of rotatable bonds is 4. The number of carbonyl (C=O) groups is 1. The molecular formula is C10H10ClN3O4S. The second-order valence-corrected chi connectivity index (χ2v) is 5.06. The molecule has 19 heavy (non-hydrogen) atoms. The number of benzene rings is 1. The summed E-state index contributed by atoms with van der Waals surface area (Å²) in [5.74, 6) is 0. The lowest BCUT2D eigenvalue weighted by Crippen LogP contribution is -2.35. The minimum Gasteiger partial charge on any atom is -0.449 e. The predicted octanol–water partition coefficient (Wildman–Crippen LogP) is 1.61. The van der Waals surface area contributed by atoms with E-state index in [4.69, 9.17) is 16.9 Å². The molecule has 0 radical (unpaired) electrons. The molecule has 0 saturated heterocycles. The Kier molecular flexibility index (Phi) is 4.97. The molecule has 0 heterocycles. The molecule has 1 aromatic rings. The average molecular weight is 304 g/mol. The van der Waals surface area contributed by atoms with Gasteiger partial charge in [-0.05, 0) is 25.1 Å². The van der Waals surface area contributed by atoms with Crippen molar-refractivity contribution in [1.29, 1.82) is 5.26 Å². The molecular weight excluding hydrogens is 294 g/mol. The molecule has 0 saturated carbocycles. The van der Waals surface area contributed by atoms with Gasteiger partial charge in [-0.25, -0.2) is 9.52 Å². The molecule has 0 atom stereocenters. The Morgan fingerprint density at radius 2 is 2.21 bits per heavy atom. The molecule has 0 bridgehead atoms. The SMILES string of the molecule is CCOC(=O)NS(=O)(=O)Nc1ccc(C#N)cc1Cl. The maximum Gasteiger partial charge on any atom is 0.422 e. The van der Waals surface area contributed by atoms with E-state index in [-0.39, 0.29) is 22.9 Å². The molecule has 102 valence electrons. The van der Waals surface area contributed by atoms with Crippen LogP contribution in [0.15, 0.2) is 18.2 Å². The molecule has 0 aliphatic carbocycles. The minimum atomic E-state index is -4.14. The molecule has 0 spiro atoms. The monoisotopic (exact) mass is 303 g/mol. The van der Waals surface area contributed by atoms with Gasteiger partial charge in [-0.3, -0.25) is 4.72 Å². The lowest BCUT2D eigenvalue weighted by atomic mass is 10.2. The Labute approximate surface area is 115 Å². The van der Waals surface area contributed by atoms with Crippen molar-refractivity contribution in [2.24, 2.45) is 0 Å². The standard InChI is InChI=1S/C10H10ClN3O4S/c1-2-18-10(15)14-19(16,17)13-9-4-3-7(6-12)5-8(9)11/h3-5,13H,2H2,1H3,(H,14,15). The van der Waals surface area contributed by atoms with Crippen LogP contribution in [0.3, 0.4) is 0 Å². The number of ether oxygens (including phenoxy) is 1. The zero-order chi connectivity index (χ0) is 14.5. The molecule has 0 fully saturated rings. The minimum absolute atomic E-state index is 0.0354. The maximum atomic E-state index is 11.5. The normalized spacial score (nSPS) is 10.4. The molecule has 9 heteroatoms. The van der Waals surface area contributed by atoms with Crippen LogP contribution in [0.25, 0.3) is 0 Å². The van der Waals surface area contributed by atoms with Gasteiger partial charge in [0.15, 0.2) is 0 Å². The fraction of sp³-hybridized carbons (Fsp3) is 0.200. The van der Waals surface area contributed by atoms with Crippen LogP contribution in [-0.4, -0.2) is 21.1 Å². The number of nitrogens with zero attached hydrogens (tertiary/aromatic N) is 1. The van der Waals surface area contributed by atoms with E-state index in [1.54, 1.807) is 4.72 Å². The van der Waals surface area contributed by atoms with Gasteiger partial charge in [-0.15, -0.1) is 0 Å². The van der Waals surface area contributed by atoms with Gasteiger partial charge < -0.3 is 4.74 Å². The van der Waals surface area contributed by atoms with E-state index in [1.807, 2.05) is 10.8 Å². The molecule has 1 amide bonds. The highest BCUT2D eigenvalue weighted by Crippen LogP contribution is 2.23. The van der Waals surface area contributed by atoms with Crippen LogP contribution < -0.4 is 9.44 Å². The van der Waals surface area contributed by atoms with Crippen LogP contribution in [0.5, 0.6) is 0 Å². The molecule has 0 aliphatic heterocycles. The first-order valence-corrected chi connectivity index (χ1v) is 6.91. The van der Waals surface area contributed by atoms with E-state index in [0.717, 1.165) is 0 Å². The number of hydrogen-bond donors (Lipinski definition) is 2. The highest BCUT2D eigenvalue weighted by Gasteiger charge is 2.16. The van der Waals surface area contributed by atoms with Crippen molar-refractivity contribution in [2.45, 2.75) is 6.92 Å². The van der Waals surface area contributed by atoms with Crippen LogP contribution in [0.1, 0.15) is 12.5 Å². The zero-order valence-electron chi connectivity index (χ0n) is 9.81. The van der Waals surface area contributed by atoms with Gasteiger partial charge in [-0.2, -0.15) is 13.7 Å². The van der Waals surface area contributed by atoms with E-state index in [9.17, 15) is 13.2 Å². The summed E-state index contributed by atoms with van der Waals surface area (Å²) in [7, 11) is -4.14. The van der Waals surface area contributed by atoms with E-state index in [2.05, 4.69) is 4.74 Å². The lowest BCUT2D eigenvalue weighted by Gasteiger charge is -2.10. The summed E-state index contributed by atoms with van der Waals surface area (Å²) >= 11 is 5.79. The third kappa shape index (κ3) is 4.65. The molecule has 0 unspecified atom stereocenters. The fourth-order valence-corrected chi connectivity index (χ4v) is 2.19. The van der Waals surface area contributed by atoms with E-state index < -0.39 is 16.3 Å². The van der Waals surface area contributed by atoms with Crippen molar-refractivity contribution in [3.05, 3.63) is 28.8 Å². The highest BCUT2D eigenvalue weighted by molar-refractivity contribution is 7.91. The van der Waals surface area contributed by atoms with Gasteiger partial charge >= 0.3 is 16.3 Å². The van der Waals surface area contributed by atoms with Gasteiger partial charge in [-0.1, -0.05) is 11.6 Å². The average Bonchev–Trinajstić information content (AvgIpc) is 2.31. The third-order valence-corrected chi connectivity index (χ3v) is 3.07. The van der Waals surface area contributed by atoms with Crippen LogP contribution in [0, 0.1) is 11.3 Å². The number of hydrogen-bond acceptors (Lipinski definition) is 5. The summed E-state index contributed by atoms with van der Waals surface area (Å²) < 4.78 is 31.2. The van der Waals surface area contributed by atoms with E-state index in [0.29, 0.717) is 0 Å². The Bertz CT molecular complexity index is 624. The van der Waals surface area contributed by atoms with Gasteiger partial charge in [0, 0.05) is 0 Å². The van der Waals surface area contributed by atoms with Crippen LogP contribution in [-0.2, 0) is 14.9 Å².